The topological polar surface area (TPSA) is 52.4 Å². The fourth-order valence-electron chi connectivity index (χ4n) is 2.38. The van der Waals surface area contributed by atoms with E-state index in [2.05, 4.69) is 79.5 Å². The van der Waals surface area contributed by atoms with Crippen LogP contribution in [0, 0.1) is 26.2 Å². The van der Waals surface area contributed by atoms with Crippen LogP contribution in [0.4, 0.5) is 5.69 Å². The summed E-state index contributed by atoms with van der Waals surface area (Å²) in [5.74, 6) is 1.51. The molecule has 0 heterocycles. The van der Waals surface area contributed by atoms with Crippen LogP contribution < -0.4 is 47.1 Å². The minimum atomic E-state index is -0.403. The van der Waals surface area contributed by atoms with Gasteiger partial charge >= 0.3 is 42.4 Å². The monoisotopic (exact) mass is 627 g/mol. The lowest BCUT2D eigenvalue weighted by Crippen LogP contribution is -3.61. The molecule has 30 heavy (non-hydrogen) atoms. The van der Waals surface area contributed by atoms with Crippen molar-refractivity contribution in [1.29, 1.82) is 0 Å². The molecule has 0 saturated heterocycles. The first kappa shape index (κ1) is 22.7. The number of allylic oxidation sites excluding steroid dienone is 1. The molecule has 4 nitrogen and oxygen atoms in total. The molecule has 0 aliphatic heterocycles. The van der Waals surface area contributed by atoms with E-state index >= 15 is 0 Å². The molecule has 0 aliphatic carbocycles. The van der Waals surface area contributed by atoms with Crippen LogP contribution in [-0.4, -0.2) is 4.92 Å². The third-order valence-electron chi connectivity index (χ3n) is 4.05. The Balaban J connectivity index is 1.69. The van der Waals surface area contributed by atoms with Crippen LogP contribution in [0.5, 0.6) is 5.75 Å². The minimum absolute atomic E-state index is 0.0643. The second-order valence-corrected chi connectivity index (χ2v) is 13.0. The first-order valence-corrected chi connectivity index (χ1v) is 13.9. The summed E-state index contributed by atoms with van der Waals surface area (Å²) in [6.07, 6.45) is 0. The number of hydrogen-bond acceptors (Lipinski definition) is 3. The molecule has 0 N–H and O–H groups in total. The van der Waals surface area contributed by atoms with Gasteiger partial charge in [0.2, 0.25) is 0 Å². The van der Waals surface area contributed by atoms with Crippen LogP contribution >= 0.6 is 0 Å². The summed E-state index contributed by atoms with van der Waals surface area (Å²) in [4.78, 5) is 10.4. The highest BCUT2D eigenvalue weighted by Gasteiger charge is 2.25. The summed E-state index contributed by atoms with van der Waals surface area (Å²) >= 11 is -0.494. The number of nitro groups is 1. The Morgan fingerprint density at radius 3 is 2.00 bits per heavy atom. The van der Waals surface area contributed by atoms with Crippen LogP contribution in [-0.2, 0) is 0 Å². The summed E-state index contributed by atoms with van der Waals surface area (Å²) in [5, 5.41) is 10.8. The minimum Gasteiger partial charge on any atom is -0.457 e. The summed E-state index contributed by atoms with van der Waals surface area (Å²) in [6, 6.07) is 25.8. The molecule has 154 valence electrons. The van der Waals surface area contributed by atoms with Crippen molar-refractivity contribution in [3.8, 4) is 5.75 Å². The molecule has 0 amide bonds. The van der Waals surface area contributed by atoms with Crippen molar-refractivity contribution in [1.82, 2.24) is 0 Å². The Labute approximate surface area is 198 Å². The molecule has 6 heteroatoms. The van der Waals surface area contributed by atoms with E-state index in [4.69, 9.17) is 4.74 Å². The highest BCUT2D eigenvalue weighted by molar-refractivity contribution is 5.36. The molecule has 3 aromatic rings. The van der Waals surface area contributed by atoms with Gasteiger partial charge in [0, 0.05) is 17.5 Å². The van der Waals surface area contributed by atoms with Crippen LogP contribution in [0.25, 0.3) is 0 Å². The first-order chi connectivity index (χ1) is 14.3. The maximum Gasteiger partial charge on any atom is 0.357 e. The molecular weight excluding hydrogens is 604 g/mol. The highest BCUT2D eigenvalue weighted by atomic mass is 127. The van der Waals surface area contributed by atoms with E-state index in [0.717, 1.165) is 5.76 Å². The van der Waals surface area contributed by atoms with Crippen molar-refractivity contribution >= 4 is 5.69 Å². The fraction of sp³-hybridized carbons (Fsp3) is 0.167. The molecule has 0 bridgehead atoms. The van der Waals surface area contributed by atoms with Gasteiger partial charge in [-0.2, -0.15) is 0 Å². The van der Waals surface area contributed by atoms with Crippen molar-refractivity contribution < 1.29 is 52.1 Å². The van der Waals surface area contributed by atoms with Crippen LogP contribution in [0.15, 0.2) is 88.7 Å². The lowest BCUT2D eigenvalue weighted by molar-refractivity contribution is -0.598. The number of non-ortho nitro benzene ring substituents is 1. The summed E-state index contributed by atoms with van der Waals surface area (Å²) in [7, 11) is 0. The normalized spacial score (nSPS) is 11.9. The van der Waals surface area contributed by atoms with Crippen molar-refractivity contribution in [3.05, 3.63) is 110 Å². The van der Waals surface area contributed by atoms with Crippen LogP contribution in [0.1, 0.15) is 20.8 Å². The molecule has 0 atom stereocenters. The largest absolute Gasteiger partial charge is 0.457 e. The van der Waals surface area contributed by atoms with Crippen LogP contribution in [0.3, 0.4) is 0 Å². The number of hydrogen-bond donors (Lipinski definition) is 0. The van der Waals surface area contributed by atoms with Gasteiger partial charge in [-0.15, -0.1) is 0 Å². The third-order valence-corrected chi connectivity index (χ3v) is 9.05. The number of ether oxygens (including phenoxy) is 1. The Bertz CT molecular complexity index is 1010. The van der Waals surface area contributed by atoms with Crippen molar-refractivity contribution in [2.45, 2.75) is 20.8 Å². The van der Waals surface area contributed by atoms with E-state index < -0.39 is 4.92 Å². The Kier molecular flexibility index (Phi) is 7.87. The number of nitro benzene ring substituents is 1. The Morgan fingerprint density at radius 2 is 1.43 bits per heavy atom. The molecule has 0 radical (unpaired) electrons. The number of benzene rings is 3. The molecule has 0 spiro atoms. The average Bonchev–Trinajstić information content (AvgIpc) is 2.72. The lowest BCUT2D eigenvalue weighted by Gasteiger charge is -2.20. The SMILES string of the molecule is CC(C)(C)/C(=C\[I+]c1ccc([I+]c2ccccc2)cc1)Oc1ccc([N+](=O)[O-])cc1. The summed E-state index contributed by atoms with van der Waals surface area (Å²) in [6.45, 7) is 6.34. The van der Waals surface area contributed by atoms with E-state index in [0.29, 0.717) is 5.75 Å². The van der Waals surface area contributed by atoms with Crippen molar-refractivity contribution in [2.24, 2.45) is 5.41 Å². The van der Waals surface area contributed by atoms with Gasteiger partial charge in [-0.3, -0.25) is 10.1 Å². The standard InChI is InChI=1S/C24H23I2NO3/c1-24(2,3)23(30-22-15-13-21(14-16-22)27(28)29)17-25-18-9-11-20(12-10-18)26-19-7-5-4-6-8-19/h4-17H,1-3H3/q+2/b23-17+. The Morgan fingerprint density at radius 1 is 0.867 bits per heavy atom. The Hall–Kier alpha value is -1.94. The second-order valence-electron chi connectivity index (χ2n) is 7.51. The molecular formula is C24H23I2NO3+2. The van der Waals surface area contributed by atoms with E-state index in [-0.39, 0.29) is 53.5 Å². The molecule has 0 aliphatic rings. The second kappa shape index (κ2) is 10.4. The predicted octanol–water partition coefficient (Wildman–Crippen LogP) is -0.0517. The lowest BCUT2D eigenvalue weighted by atomic mass is 9.95. The zero-order valence-electron chi connectivity index (χ0n) is 17.0. The zero-order chi connectivity index (χ0) is 21.6. The van der Waals surface area contributed by atoms with Gasteiger partial charge in [0.1, 0.15) is 5.75 Å². The number of nitrogens with zero attached hydrogens (tertiary/aromatic N) is 1. The molecule has 0 saturated carbocycles. The zero-order valence-corrected chi connectivity index (χ0v) is 21.3. The van der Waals surface area contributed by atoms with Gasteiger partial charge in [0.15, 0.2) is 20.6 Å². The van der Waals surface area contributed by atoms with E-state index in [9.17, 15) is 10.1 Å². The van der Waals surface area contributed by atoms with E-state index in [1.165, 1.54) is 22.8 Å². The summed E-state index contributed by atoms with van der Waals surface area (Å²) < 4.78 is 12.5. The molecule has 3 aromatic carbocycles. The molecule has 0 fully saturated rings. The van der Waals surface area contributed by atoms with Gasteiger partial charge < -0.3 is 4.74 Å². The molecule has 0 unspecified atom stereocenters. The average molecular weight is 627 g/mol. The van der Waals surface area contributed by atoms with Gasteiger partial charge in [0.05, 0.1) is 4.92 Å². The van der Waals surface area contributed by atoms with Crippen molar-refractivity contribution in [2.75, 3.05) is 0 Å². The summed E-state index contributed by atoms with van der Waals surface area (Å²) in [5.41, 5.74) is -0.0882. The van der Waals surface area contributed by atoms with Crippen LogP contribution in [0.2, 0.25) is 0 Å². The number of rotatable bonds is 7. The van der Waals surface area contributed by atoms with E-state index in [1.54, 1.807) is 12.1 Å². The van der Waals surface area contributed by atoms with Crippen molar-refractivity contribution in [3.63, 3.8) is 0 Å². The van der Waals surface area contributed by atoms with Gasteiger partial charge in [-0.1, -0.05) is 39.0 Å². The first-order valence-electron chi connectivity index (χ1n) is 9.37. The quantitative estimate of drug-likeness (QED) is 0.160. The fourth-order valence-corrected chi connectivity index (χ4v) is 7.08. The highest BCUT2D eigenvalue weighted by Crippen LogP contribution is 2.28. The third kappa shape index (κ3) is 6.80. The number of halogens is 2. The predicted molar refractivity (Wildman–Crippen MR) is 110 cm³/mol. The van der Waals surface area contributed by atoms with Gasteiger partial charge in [-0.05, 0) is 48.5 Å². The molecule has 3 rings (SSSR count). The van der Waals surface area contributed by atoms with E-state index in [1.807, 2.05) is 0 Å². The van der Waals surface area contributed by atoms with Gasteiger partial charge in [0.25, 0.3) is 5.69 Å². The van der Waals surface area contributed by atoms with Gasteiger partial charge in [-0.25, -0.2) is 0 Å². The maximum atomic E-state index is 10.8. The smallest absolute Gasteiger partial charge is 0.357 e. The molecule has 0 aromatic heterocycles. The maximum absolute atomic E-state index is 10.8.